The smallest absolute Gasteiger partial charge is 0.189 e. The number of nitrogens with one attached hydrogen (secondary N) is 1. The molecule has 7 heteroatoms. The van der Waals surface area contributed by atoms with Gasteiger partial charge in [-0.2, -0.15) is 5.26 Å². The lowest BCUT2D eigenvalue weighted by Crippen LogP contribution is -2.24. The molecule has 0 bridgehead atoms. The predicted molar refractivity (Wildman–Crippen MR) is 103 cm³/mol. The molecule has 1 atom stereocenters. The van der Waals surface area contributed by atoms with Gasteiger partial charge in [-0.05, 0) is 30.9 Å². The summed E-state index contributed by atoms with van der Waals surface area (Å²) in [6.07, 6.45) is 7.29. The maximum Gasteiger partial charge on any atom is 0.189 e. The molecule has 1 aromatic carbocycles. The molecule has 6 nitrogen and oxygen atoms in total. The van der Waals surface area contributed by atoms with Crippen molar-refractivity contribution >= 4 is 28.1 Å². The van der Waals surface area contributed by atoms with Crippen LogP contribution in [0.5, 0.6) is 0 Å². The summed E-state index contributed by atoms with van der Waals surface area (Å²) in [5.41, 5.74) is 2.65. The second-order valence-corrected chi connectivity index (χ2v) is 7.27. The average Bonchev–Trinajstić information content (AvgIpc) is 3.31. The van der Waals surface area contributed by atoms with Crippen LogP contribution in [-0.4, -0.2) is 21.5 Å². The molecule has 26 heavy (non-hydrogen) atoms. The van der Waals surface area contributed by atoms with Crippen molar-refractivity contribution in [1.29, 1.82) is 5.26 Å². The van der Waals surface area contributed by atoms with Crippen LogP contribution in [0.4, 0.5) is 16.8 Å². The molecule has 0 saturated carbocycles. The summed E-state index contributed by atoms with van der Waals surface area (Å²) in [4.78, 5) is 16.1. The summed E-state index contributed by atoms with van der Waals surface area (Å²) >= 11 is 1.30. The Bertz CT molecular complexity index is 960. The van der Waals surface area contributed by atoms with Crippen LogP contribution in [0.2, 0.25) is 0 Å². The van der Waals surface area contributed by atoms with Crippen molar-refractivity contribution in [3.8, 4) is 6.07 Å². The van der Waals surface area contributed by atoms with E-state index < -0.39 is 0 Å². The molecular formula is C19H18N6S. The molecular weight excluding hydrogens is 344 g/mol. The molecule has 2 aromatic heterocycles. The van der Waals surface area contributed by atoms with Crippen molar-refractivity contribution in [1.82, 2.24) is 15.0 Å². The van der Waals surface area contributed by atoms with Crippen molar-refractivity contribution in [2.45, 2.75) is 25.8 Å². The van der Waals surface area contributed by atoms with Crippen LogP contribution in [0, 0.1) is 18.3 Å². The first kappa shape index (κ1) is 16.5. The summed E-state index contributed by atoms with van der Waals surface area (Å²) in [5.74, 6) is 1.49. The molecule has 1 saturated heterocycles. The number of benzene rings is 1. The highest BCUT2D eigenvalue weighted by Crippen LogP contribution is 2.36. The Kier molecular flexibility index (Phi) is 4.50. The minimum Gasteiger partial charge on any atom is -0.348 e. The normalized spacial score (nSPS) is 16.5. The fourth-order valence-corrected chi connectivity index (χ4v) is 3.99. The molecule has 1 fully saturated rings. The largest absolute Gasteiger partial charge is 0.348 e. The molecule has 130 valence electrons. The Balaban J connectivity index is 1.59. The number of hydrogen-bond acceptors (Lipinski definition) is 7. The van der Waals surface area contributed by atoms with E-state index in [2.05, 4.69) is 57.4 Å². The predicted octanol–water partition coefficient (Wildman–Crippen LogP) is 4.20. The van der Waals surface area contributed by atoms with E-state index in [-0.39, 0.29) is 0 Å². The Labute approximate surface area is 156 Å². The van der Waals surface area contributed by atoms with Crippen LogP contribution in [0.15, 0.2) is 42.9 Å². The van der Waals surface area contributed by atoms with Gasteiger partial charge in [-0.3, -0.25) is 4.98 Å². The minimum absolute atomic E-state index is 0.325. The molecule has 1 aliphatic heterocycles. The standard InChI is InChI=1S/C19H18N6S/c1-13-5-2-3-6-15(13)16-7-4-8-25(16)18-12-21-11-17(23-18)24-19-22-10-14(9-20)26-19/h2-3,5-6,10-12,16H,4,7-8H2,1H3,(H,22,23,24). The Hall–Kier alpha value is -2.98. The van der Waals surface area contributed by atoms with Gasteiger partial charge in [0.15, 0.2) is 10.9 Å². The van der Waals surface area contributed by atoms with Crippen molar-refractivity contribution < 1.29 is 0 Å². The average molecular weight is 362 g/mol. The highest BCUT2D eigenvalue weighted by Gasteiger charge is 2.28. The van der Waals surface area contributed by atoms with E-state index in [0.717, 1.165) is 25.2 Å². The van der Waals surface area contributed by atoms with E-state index in [0.29, 0.717) is 21.9 Å². The minimum atomic E-state index is 0.325. The van der Waals surface area contributed by atoms with Crippen molar-refractivity contribution in [3.05, 3.63) is 58.9 Å². The first-order chi connectivity index (χ1) is 12.7. The van der Waals surface area contributed by atoms with E-state index in [1.807, 2.05) is 6.20 Å². The second-order valence-electron chi connectivity index (χ2n) is 6.24. The van der Waals surface area contributed by atoms with Crippen LogP contribution in [0.1, 0.15) is 34.9 Å². The summed E-state index contributed by atoms with van der Waals surface area (Å²) in [6, 6.07) is 10.9. The number of aromatic nitrogens is 3. The molecule has 0 radical (unpaired) electrons. The fourth-order valence-electron chi connectivity index (χ4n) is 3.37. The molecule has 0 spiro atoms. The number of nitriles is 1. The van der Waals surface area contributed by atoms with Crippen LogP contribution in [0.25, 0.3) is 0 Å². The van der Waals surface area contributed by atoms with Gasteiger partial charge in [0, 0.05) is 6.54 Å². The zero-order chi connectivity index (χ0) is 17.9. The van der Waals surface area contributed by atoms with Crippen molar-refractivity contribution in [3.63, 3.8) is 0 Å². The first-order valence-corrected chi connectivity index (χ1v) is 9.33. The van der Waals surface area contributed by atoms with Gasteiger partial charge in [-0.15, -0.1) is 0 Å². The van der Waals surface area contributed by atoms with Gasteiger partial charge in [-0.25, -0.2) is 9.97 Å². The second kappa shape index (κ2) is 7.10. The number of nitrogens with zero attached hydrogens (tertiary/aromatic N) is 5. The third kappa shape index (κ3) is 3.24. The molecule has 1 N–H and O–H groups in total. The number of aryl methyl sites for hydroxylation is 1. The number of thiazole rings is 1. The van der Waals surface area contributed by atoms with E-state index in [1.165, 1.54) is 22.5 Å². The van der Waals surface area contributed by atoms with Gasteiger partial charge in [0.1, 0.15) is 16.8 Å². The molecule has 1 unspecified atom stereocenters. The molecule has 3 aromatic rings. The molecule has 4 rings (SSSR count). The van der Waals surface area contributed by atoms with E-state index in [9.17, 15) is 0 Å². The summed E-state index contributed by atoms with van der Waals surface area (Å²) < 4.78 is 0. The highest BCUT2D eigenvalue weighted by molar-refractivity contribution is 7.16. The molecule has 3 heterocycles. The van der Waals surface area contributed by atoms with Gasteiger partial charge >= 0.3 is 0 Å². The van der Waals surface area contributed by atoms with Crippen LogP contribution < -0.4 is 10.2 Å². The third-order valence-electron chi connectivity index (χ3n) is 4.57. The zero-order valence-corrected chi connectivity index (χ0v) is 15.2. The summed E-state index contributed by atoms with van der Waals surface area (Å²) in [5, 5.41) is 12.7. The van der Waals surface area contributed by atoms with Crippen molar-refractivity contribution in [2.75, 3.05) is 16.8 Å². The topological polar surface area (TPSA) is 77.7 Å². The first-order valence-electron chi connectivity index (χ1n) is 8.52. The molecule has 1 aliphatic rings. The lowest BCUT2D eigenvalue weighted by molar-refractivity contribution is 0.705. The molecule has 0 amide bonds. The van der Waals surface area contributed by atoms with Gasteiger partial charge < -0.3 is 10.2 Å². The van der Waals surface area contributed by atoms with Crippen LogP contribution >= 0.6 is 11.3 Å². The van der Waals surface area contributed by atoms with Crippen LogP contribution in [0.3, 0.4) is 0 Å². The van der Waals surface area contributed by atoms with E-state index in [4.69, 9.17) is 10.2 Å². The maximum atomic E-state index is 8.92. The monoisotopic (exact) mass is 362 g/mol. The number of hydrogen-bond donors (Lipinski definition) is 1. The number of rotatable bonds is 4. The van der Waals surface area contributed by atoms with Crippen molar-refractivity contribution in [2.24, 2.45) is 0 Å². The van der Waals surface area contributed by atoms with Gasteiger partial charge in [0.25, 0.3) is 0 Å². The van der Waals surface area contributed by atoms with Gasteiger partial charge in [-0.1, -0.05) is 35.6 Å². The lowest BCUT2D eigenvalue weighted by Gasteiger charge is -2.27. The van der Waals surface area contributed by atoms with Gasteiger partial charge in [0.05, 0.1) is 24.6 Å². The Morgan fingerprint density at radius 2 is 2.15 bits per heavy atom. The molecule has 0 aliphatic carbocycles. The van der Waals surface area contributed by atoms with Gasteiger partial charge in [0.2, 0.25) is 0 Å². The van der Waals surface area contributed by atoms with E-state index in [1.54, 1.807) is 12.4 Å². The Morgan fingerprint density at radius 1 is 1.27 bits per heavy atom. The third-order valence-corrected chi connectivity index (χ3v) is 5.38. The fraction of sp³-hybridized carbons (Fsp3) is 0.263. The van der Waals surface area contributed by atoms with E-state index >= 15 is 0 Å². The maximum absolute atomic E-state index is 8.92. The SMILES string of the molecule is Cc1ccccc1C1CCCN1c1cncc(Nc2ncc(C#N)s2)n1. The highest BCUT2D eigenvalue weighted by atomic mass is 32.1. The number of anilines is 3. The Morgan fingerprint density at radius 3 is 2.96 bits per heavy atom. The quantitative estimate of drug-likeness (QED) is 0.749. The zero-order valence-electron chi connectivity index (χ0n) is 14.4. The summed E-state index contributed by atoms with van der Waals surface area (Å²) in [7, 11) is 0. The summed E-state index contributed by atoms with van der Waals surface area (Å²) in [6.45, 7) is 3.12. The lowest BCUT2D eigenvalue weighted by atomic mass is 9.99. The van der Waals surface area contributed by atoms with Crippen LogP contribution in [-0.2, 0) is 0 Å².